The second kappa shape index (κ2) is 5.83. The second-order valence-electron chi connectivity index (χ2n) is 4.32. The van der Waals surface area contributed by atoms with Crippen LogP contribution in [0.4, 0.5) is 5.82 Å². The molecule has 0 spiro atoms. The number of H-pyrrole nitrogens is 1. The summed E-state index contributed by atoms with van der Waals surface area (Å²) in [7, 11) is 0. The number of aromatic amines is 1. The molecule has 0 saturated carbocycles. The van der Waals surface area contributed by atoms with E-state index in [1.807, 2.05) is 0 Å². The average Bonchev–Trinajstić information content (AvgIpc) is 2.34. The van der Waals surface area contributed by atoms with E-state index in [1.165, 1.54) is 10.6 Å². The highest BCUT2D eigenvalue weighted by Gasteiger charge is 2.10. The molecule has 7 heteroatoms. The van der Waals surface area contributed by atoms with Crippen LogP contribution in [0.2, 0.25) is 0 Å². The Morgan fingerprint density at radius 2 is 2.00 bits per heavy atom. The average molecular weight is 254 g/mol. The van der Waals surface area contributed by atoms with E-state index in [-0.39, 0.29) is 5.82 Å². The summed E-state index contributed by atoms with van der Waals surface area (Å²) in [6.07, 6.45) is 0.816. The number of anilines is 1. The number of hydrogen-bond acceptors (Lipinski definition) is 5. The third-order valence-electron chi connectivity index (χ3n) is 3.03. The lowest BCUT2D eigenvalue weighted by molar-refractivity contribution is 0.0369. The summed E-state index contributed by atoms with van der Waals surface area (Å²) in [5.74, 6) is 0.214. The SMILES string of the molecule is Nc1cc(=O)[nH]c(=O)n1CCCN1CCOCC1. The maximum atomic E-state index is 11.5. The van der Waals surface area contributed by atoms with Crippen LogP contribution in [0.1, 0.15) is 6.42 Å². The van der Waals surface area contributed by atoms with Crippen molar-refractivity contribution in [2.45, 2.75) is 13.0 Å². The summed E-state index contributed by atoms with van der Waals surface area (Å²) in [5, 5.41) is 0. The Kier molecular flexibility index (Phi) is 4.16. The van der Waals surface area contributed by atoms with Gasteiger partial charge in [0.2, 0.25) is 0 Å². The Hall–Kier alpha value is -1.60. The predicted molar refractivity (Wildman–Crippen MR) is 67.6 cm³/mol. The van der Waals surface area contributed by atoms with Crippen molar-refractivity contribution < 1.29 is 4.74 Å². The van der Waals surface area contributed by atoms with Crippen LogP contribution >= 0.6 is 0 Å². The normalized spacial score (nSPS) is 16.9. The molecule has 2 heterocycles. The maximum absolute atomic E-state index is 11.5. The fourth-order valence-corrected chi connectivity index (χ4v) is 2.05. The number of hydrogen-bond donors (Lipinski definition) is 2. The Balaban J connectivity index is 1.90. The van der Waals surface area contributed by atoms with Crippen molar-refractivity contribution in [1.29, 1.82) is 0 Å². The molecule has 7 nitrogen and oxygen atoms in total. The Morgan fingerprint density at radius 3 is 2.67 bits per heavy atom. The molecule has 1 saturated heterocycles. The highest BCUT2D eigenvalue weighted by Crippen LogP contribution is 2.00. The van der Waals surface area contributed by atoms with Gasteiger partial charge in [-0.25, -0.2) is 4.79 Å². The van der Waals surface area contributed by atoms with Crippen LogP contribution in [0.3, 0.4) is 0 Å². The molecule has 0 radical (unpaired) electrons. The van der Waals surface area contributed by atoms with Gasteiger partial charge in [0.15, 0.2) is 0 Å². The van der Waals surface area contributed by atoms with Gasteiger partial charge in [0, 0.05) is 32.2 Å². The van der Waals surface area contributed by atoms with E-state index in [9.17, 15) is 9.59 Å². The van der Waals surface area contributed by atoms with Crippen molar-refractivity contribution in [1.82, 2.24) is 14.5 Å². The number of rotatable bonds is 4. The van der Waals surface area contributed by atoms with Gasteiger partial charge in [-0.3, -0.25) is 19.2 Å². The molecule has 0 aromatic carbocycles. The largest absolute Gasteiger partial charge is 0.385 e. The summed E-state index contributed by atoms with van der Waals surface area (Å²) < 4.78 is 6.65. The van der Waals surface area contributed by atoms with Crippen LogP contribution in [0, 0.1) is 0 Å². The molecule has 2 rings (SSSR count). The fourth-order valence-electron chi connectivity index (χ4n) is 2.05. The molecule has 1 aliphatic heterocycles. The third-order valence-corrected chi connectivity index (χ3v) is 3.03. The van der Waals surface area contributed by atoms with Gasteiger partial charge in [-0.2, -0.15) is 0 Å². The number of ether oxygens (including phenoxy) is 1. The van der Waals surface area contributed by atoms with Gasteiger partial charge in [0.05, 0.1) is 13.2 Å². The molecule has 1 fully saturated rings. The molecule has 1 aromatic heterocycles. The molecule has 0 aliphatic carbocycles. The van der Waals surface area contributed by atoms with Crippen LogP contribution < -0.4 is 17.0 Å². The zero-order chi connectivity index (χ0) is 13.0. The van der Waals surface area contributed by atoms with Crippen LogP contribution in [0.25, 0.3) is 0 Å². The lowest BCUT2D eigenvalue weighted by Crippen LogP contribution is -2.38. The van der Waals surface area contributed by atoms with E-state index in [4.69, 9.17) is 10.5 Å². The van der Waals surface area contributed by atoms with Gasteiger partial charge in [0.25, 0.3) is 5.56 Å². The molecule has 0 amide bonds. The molecule has 0 bridgehead atoms. The van der Waals surface area contributed by atoms with Gasteiger partial charge in [0.1, 0.15) is 5.82 Å². The van der Waals surface area contributed by atoms with E-state index in [0.717, 1.165) is 39.3 Å². The van der Waals surface area contributed by atoms with Gasteiger partial charge >= 0.3 is 5.69 Å². The van der Waals surface area contributed by atoms with Gasteiger partial charge in [-0.05, 0) is 6.42 Å². The standard InChI is InChI=1S/C11H18N4O3/c12-9-8-10(16)13-11(17)15(9)3-1-2-14-4-6-18-7-5-14/h8H,1-7,12H2,(H,13,16,17). The zero-order valence-electron chi connectivity index (χ0n) is 10.2. The first kappa shape index (κ1) is 12.8. The van der Waals surface area contributed by atoms with Crippen molar-refractivity contribution in [3.63, 3.8) is 0 Å². The van der Waals surface area contributed by atoms with E-state index in [1.54, 1.807) is 0 Å². The molecule has 3 N–H and O–H groups in total. The third kappa shape index (κ3) is 3.21. The van der Waals surface area contributed by atoms with E-state index >= 15 is 0 Å². The minimum Gasteiger partial charge on any atom is -0.385 e. The van der Waals surface area contributed by atoms with Crippen LogP contribution in [0.15, 0.2) is 15.7 Å². The summed E-state index contributed by atoms with van der Waals surface area (Å²) >= 11 is 0. The van der Waals surface area contributed by atoms with Crippen molar-refractivity contribution in [3.8, 4) is 0 Å². The fraction of sp³-hybridized carbons (Fsp3) is 0.636. The summed E-state index contributed by atoms with van der Waals surface area (Å²) in [5.41, 5.74) is 4.75. The number of nitrogens with two attached hydrogens (primary N) is 1. The summed E-state index contributed by atoms with van der Waals surface area (Å²) in [6.45, 7) is 4.79. The van der Waals surface area contributed by atoms with Crippen molar-refractivity contribution >= 4 is 5.82 Å². The summed E-state index contributed by atoms with van der Waals surface area (Å²) in [4.78, 5) is 27.0. The van der Waals surface area contributed by atoms with Crippen molar-refractivity contribution in [2.24, 2.45) is 0 Å². The quantitative estimate of drug-likeness (QED) is 0.707. The molecule has 0 atom stereocenters. The predicted octanol–water partition coefficient (Wildman–Crippen LogP) is -1.16. The molecule has 0 unspecified atom stereocenters. The second-order valence-corrected chi connectivity index (χ2v) is 4.32. The first-order valence-electron chi connectivity index (χ1n) is 6.06. The lowest BCUT2D eigenvalue weighted by Gasteiger charge is -2.26. The van der Waals surface area contributed by atoms with Crippen molar-refractivity contribution in [3.05, 3.63) is 26.9 Å². The monoisotopic (exact) mass is 254 g/mol. The molecular formula is C11H18N4O3. The molecule has 100 valence electrons. The number of aromatic nitrogens is 2. The highest BCUT2D eigenvalue weighted by atomic mass is 16.5. The minimum atomic E-state index is -0.457. The zero-order valence-corrected chi connectivity index (χ0v) is 10.2. The summed E-state index contributed by atoms with van der Waals surface area (Å²) in [6, 6.07) is 1.23. The maximum Gasteiger partial charge on any atom is 0.329 e. The van der Waals surface area contributed by atoms with Gasteiger partial charge in [-0.1, -0.05) is 0 Å². The number of morpholine rings is 1. The Bertz CT molecular complexity index is 502. The first-order valence-corrected chi connectivity index (χ1v) is 6.06. The molecule has 18 heavy (non-hydrogen) atoms. The molecular weight excluding hydrogens is 236 g/mol. The minimum absolute atomic E-state index is 0.214. The smallest absolute Gasteiger partial charge is 0.329 e. The lowest BCUT2D eigenvalue weighted by atomic mass is 10.3. The van der Waals surface area contributed by atoms with Crippen molar-refractivity contribution in [2.75, 3.05) is 38.6 Å². The first-order chi connectivity index (χ1) is 8.66. The van der Waals surface area contributed by atoms with E-state index < -0.39 is 11.2 Å². The number of nitrogens with one attached hydrogen (secondary N) is 1. The number of nitrogens with zero attached hydrogens (tertiary/aromatic N) is 2. The Labute approximate surface area is 104 Å². The molecule has 1 aliphatic rings. The van der Waals surface area contributed by atoms with Crippen LogP contribution in [-0.4, -0.2) is 47.3 Å². The van der Waals surface area contributed by atoms with Crippen LogP contribution in [-0.2, 0) is 11.3 Å². The van der Waals surface area contributed by atoms with E-state index in [2.05, 4.69) is 9.88 Å². The highest BCUT2D eigenvalue weighted by molar-refractivity contribution is 5.25. The van der Waals surface area contributed by atoms with E-state index in [0.29, 0.717) is 6.54 Å². The molecule has 1 aromatic rings. The van der Waals surface area contributed by atoms with Crippen LogP contribution in [0.5, 0.6) is 0 Å². The number of nitrogen functional groups attached to an aromatic ring is 1. The van der Waals surface area contributed by atoms with Gasteiger partial charge < -0.3 is 10.5 Å². The topological polar surface area (TPSA) is 93.3 Å². The Morgan fingerprint density at radius 1 is 1.28 bits per heavy atom. The van der Waals surface area contributed by atoms with Gasteiger partial charge in [-0.15, -0.1) is 0 Å².